The maximum absolute atomic E-state index is 12.2. The molecular weight excluding hydrogens is 216 g/mol. The predicted octanol–water partition coefficient (Wildman–Crippen LogP) is 1.90. The Morgan fingerprint density at radius 1 is 1.24 bits per heavy atom. The number of rotatable bonds is 3. The van der Waals surface area contributed by atoms with Crippen LogP contribution in [0.3, 0.4) is 0 Å². The second-order valence-electron chi connectivity index (χ2n) is 3.47. The summed E-state index contributed by atoms with van der Waals surface area (Å²) >= 11 is 0. The molecule has 0 amide bonds. The molecule has 0 aliphatic carbocycles. The summed E-state index contributed by atoms with van der Waals surface area (Å²) < 4.78 is 5.15. The number of nitrogen functional groups attached to an aromatic ring is 1. The van der Waals surface area contributed by atoms with Gasteiger partial charge in [0, 0.05) is 6.20 Å². The van der Waals surface area contributed by atoms with E-state index in [2.05, 4.69) is 4.98 Å². The highest BCUT2D eigenvalue weighted by atomic mass is 16.5. The van der Waals surface area contributed by atoms with Crippen molar-refractivity contribution in [3.05, 3.63) is 53.9 Å². The van der Waals surface area contributed by atoms with Gasteiger partial charge in [0.1, 0.15) is 5.69 Å². The number of ketones is 1. The largest absolute Gasteiger partial charge is 0.494 e. The van der Waals surface area contributed by atoms with Crippen LogP contribution in [-0.2, 0) is 0 Å². The quantitative estimate of drug-likeness (QED) is 0.643. The predicted molar refractivity (Wildman–Crippen MR) is 65.1 cm³/mol. The number of para-hydroxylation sites is 1. The summed E-state index contributed by atoms with van der Waals surface area (Å²) in [5.41, 5.74) is 6.98. The van der Waals surface area contributed by atoms with Gasteiger partial charge < -0.3 is 10.5 Å². The van der Waals surface area contributed by atoms with Gasteiger partial charge in [-0.3, -0.25) is 9.78 Å². The van der Waals surface area contributed by atoms with Crippen LogP contribution in [0.4, 0.5) is 5.69 Å². The molecule has 0 atom stereocenters. The molecule has 2 rings (SSSR count). The van der Waals surface area contributed by atoms with Crippen molar-refractivity contribution in [2.45, 2.75) is 0 Å². The lowest BCUT2D eigenvalue weighted by Crippen LogP contribution is -2.07. The maximum Gasteiger partial charge on any atom is 0.215 e. The minimum absolute atomic E-state index is 0.199. The Morgan fingerprint density at radius 2 is 2.06 bits per heavy atom. The molecule has 2 aromatic rings. The van der Waals surface area contributed by atoms with Crippen LogP contribution >= 0.6 is 0 Å². The van der Waals surface area contributed by atoms with E-state index in [1.807, 2.05) is 0 Å². The molecule has 86 valence electrons. The molecule has 1 aromatic heterocycles. The fourth-order valence-corrected chi connectivity index (χ4v) is 1.60. The first-order valence-corrected chi connectivity index (χ1v) is 5.12. The summed E-state index contributed by atoms with van der Waals surface area (Å²) in [4.78, 5) is 16.2. The second-order valence-corrected chi connectivity index (χ2v) is 3.47. The number of methoxy groups -OCH3 is 1. The van der Waals surface area contributed by atoms with Gasteiger partial charge in [0.2, 0.25) is 5.78 Å². The lowest BCUT2D eigenvalue weighted by atomic mass is 10.1. The van der Waals surface area contributed by atoms with Gasteiger partial charge in [-0.05, 0) is 24.3 Å². The number of nitrogens with zero attached hydrogens (tertiary/aromatic N) is 1. The van der Waals surface area contributed by atoms with Crippen LogP contribution in [0.15, 0.2) is 42.6 Å². The fourth-order valence-electron chi connectivity index (χ4n) is 1.60. The zero-order valence-corrected chi connectivity index (χ0v) is 9.38. The zero-order chi connectivity index (χ0) is 12.3. The van der Waals surface area contributed by atoms with E-state index in [4.69, 9.17) is 10.5 Å². The van der Waals surface area contributed by atoms with E-state index in [1.54, 1.807) is 42.6 Å². The smallest absolute Gasteiger partial charge is 0.215 e. The number of nitrogens with two attached hydrogens (primary N) is 1. The molecule has 0 saturated heterocycles. The summed E-state index contributed by atoms with van der Waals surface area (Å²) in [7, 11) is 1.49. The van der Waals surface area contributed by atoms with E-state index in [0.717, 1.165) is 0 Å². The van der Waals surface area contributed by atoms with Gasteiger partial charge in [-0.15, -0.1) is 0 Å². The summed E-state index contributed by atoms with van der Waals surface area (Å²) in [6, 6.07) is 10.3. The summed E-state index contributed by atoms with van der Waals surface area (Å²) in [6.45, 7) is 0. The number of carbonyl (C=O) groups is 1. The Hall–Kier alpha value is -2.36. The van der Waals surface area contributed by atoms with Crippen LogP contribution in [0.1, 0.15) is 16.1 Å². The Labute approximate surface area is 99.1 Å². The third-order valence-electron chi connectivity index (χ3n) is 2.39. The molecule has 4 nitrogen and oxygen atoms in total. The zero-order valence-electron chi connectivity index (χ0n) is 9.38. The molecular formula is C13H12N2O2. The van der Waals surface area contributed by atoms with Gasteiger partial charge in [-0.1, -0.05) is 12.1 Å². The molecule has 0 aliphatic rings. The van der Waals surface area contributed by atoms with Gasteiger partial charge >= 0.3 is 0 Å². The van der Waals surface area contributed by atoms with Crippen molar-refractivity contribution >= 4 is 11.5 Å². The number of aromatic nitrogens is 1. The van der Waals surface area contributed by atoms with Crippen molar-refractivity contribution < 1.29 is 9.53 Å². The van der Waals surface area contributed by atoms with Crippen molar-refractivity contribution in [3.8, 4) is 5.75 Å². The van der Waals surface area contributed by atoms with Crippen molar-refractivity contribution in [1.82, 2.24) is 4.98 Å². The summed E-state index contributed by atoms with van der Waals surface area (Å²) in [6.07, 6.45) is 1.58. The molecule has 0 bridgehead atoms. The number of benzene rings is 1. The third kappa shape index (κ3) is 2.10. The monoisotopic (exact) mass is 228 g/mol. The second kappa shape index (κ2) is 4.65. The number of carbonyl (C=O) groups excluding carboxylic acids is 1. The Morgan fingerprint density at radius 3 is 2.71 bits per heavy atom. The lowest BCUT2D eigenvalue weighted by Gasteiger charge is -2.09. The van der Waals surface area contributed by atoms with E-state index in [9.17, 15) is 4.79 Å². The average molecular weight is 228 g/mol. The normalized spacial score (nSPS) is 9.94. The van der Waals surface area contributed by atoms with Crippen molar-refractivity contribution in [2.75, 3.05) is 12.8 Å². The molecule has 4 heteroatoms. The van der Waals surface area contributed by atoms with Crippen LogP contribution in [-0.4, -0.2) is 17.9 Å². The van der Waals surface area contributed by atoms with Crippen LogP contribution in [0.5, 0.6) is 5.75 Å². The lowest BCUT2D eigenvalue weighted by molar-refractivity contribution is 0.103. The average Bonchev–Trinajstić information content (AvgIpc) is 2.38. The maximum atomic E-state index is 12.2. The molecule has 0 radical (unpaired) electrons. The van der Waals surface area contributed by atoms with Gasteiger partial charge in [0.25, 0.3) is 0 Å². The van der Waals surface area contributed by atoms with E-state index >= 15 is 0 Å². The highest BCUT2D eigenvalue weighted by Crippen LogP contribution is 2.27. The highest BCUT2D eigenvalue weighted by molar-refractivity contribution is 6.10. The van der Waals surface area contributed by atoms with Gasteiger partial charge in [-0.25, -0.2) is 0 Å². The van der Waals surface area contributed by atoms with Gasteiger partial charge in [-0.2, -0.15) is 0 Å². The number of pyridine rings is 1. The fraction of sp³-hybridized carbons (Fsp3) is 0.0769. The number of hydrogen-bond acceptors (Lipinski definition) is 4. The number of hydrogen-bond donors (Lipinski definition) is 1. The molecule has 0 unspecified atom stereocenters. The molecule has 17 heavy (non-hydrogen) atoms. The van der Waals surface area contributed by atoms with Crippen molar-refractivity contribution in [3.63, 3.8) is 0 Å². The summed E-state index contributed by atoms with van der Waals surface area (Å²) in [5.74, 6) is 0.193. The van der Waals surface area contributed by atoms with Crippen molar-refractivity contribution in [1.29, 1.82) is 0 Å². The Kier molecular flexibility index (Phi) is 3.05. The minimum Gasteiger partial charge on any atom is -0.494 e. The van der Waals surface area contributed by atoms with Crippen LogP contribution in [0, 0.1) is 0 Å². The topological polar surface area (TPSA) is 65.2 Å². The molecule has 0 aliphatic heterocycles. The van der Waals surface area contributed by atoms with Crippen molar-refractivity contribution in [2.24, 2.45) is 0 Å². The first kappa shape index (κ1) is 11.1. The Balaban J connectivity index is 2.48. The molecule has 0 spiro atoms. The van der Waals surface area contributed by atoms with E-state index in [-0.39, 0.29) is 5.78 Å². The number of anilines is 1. The van der Waals surface area contributed by atoms with Crippen LogP contribution in [0.2, 0.25) is 0 Å². The minimum atomic E-state index is -0.199. The Bertz CT molecular complexity index is 538. The molecule has 0 fully saturated rings. The van der Waals surface area contributed by atoms with E-state index in [0.29, 0.717) is 22.7 Å². The van der Waals surface area contributed by atoms with Crippen LogP contribution < -0.4 is 10.5 Å². The van der Waals surface area contributed by atoms with Gasteiger partial charge in [0.05, 0.1) is 18.4 Å². The van der Waals surface area contributed by atoms with E-state index < -0.39 is 0 Å². The molecule has 0 saturated carbocycles. The molecule has 1 aromatic carbocycles. The third-order valence-corrected chi connectivity index (χ3v) is 2.39. The first-order chi connectivity index (χ1) is 8.24. The molecule has 1 heterocycles. The van der Waals surface area contributed by atoms with Crippen LogP contribution in [0.25, 0.3) is 0 Å². The first-order valence-electron chi connectivity index (χ1n) is 5.12. The molecule has 2 N–H and O–H groups in total. The highest BCUT2D eigenvalue weighted by Gasteiger charge is 2.16. The number of ether oxygens (including phenoxy) is 1. The van der Waals surface area contributed by atoms with Gasteiger partial charge in [0.15, 0.2) is 5.75 Å². The summed E-state index contributed by atoms with van der Waals surface area (Å²) in [5, 5.41) is 0. The van der Waals surface area contributed by atoms with E-state index in [1.165, 1.54) is 7.11 Å². The SMILES string of the molecule is COc1c(N)cccc1C(=O)c1ccccn1. The standard InChI is InChI=1S/C13H12N2O2/c1-17-13-9(5-4-6-10(13)14)12(16)11-7-2-3-8-15-11/h2-8H,14H2,1H3.